The molecule has 1 heterocycles. The highest BCUT2D eigenvalue weighted by Crippen LogP contribution is 2.27. The molecule has 0 saturated carbocycles. The van der Waals surface area contributed by atoms with Gasteiger partial charge in [0.25, 0.3) is 0 Å². The number of hydrogen-bond acceptors (Lipinski definition) is 4. The maximum absolute atomic E-state index is 11.0. The molecule has 94 valence electrons. The molecule has 0 bridgehead atoms. The summed E-state index contributed by atoms with van der Waals surface area (Å²) in [6, 6.07) is 7.22. The summed E-state index contributed by atoms with van der Waals surface area (Å²) in [5, 5.41) is 3.17. The number of rotatable bonds is 2. The normalized spacial score (nSPS) is 11.6. The van der Waals surface area contributed by atoms with Crippen LogP contribution in [0.5, 0.6) is 0 Å². The molecule has 0 atom stereocenters. The van der Waals surface area contributed by atoms with Crippen molar-refractivity contribution in [3.05, 3.63) is 38.3 Å². The van der Waals surface area contributed by atoms with Crippen molar-refractivity contribution >= 4 is 61.2 Å². The number of amides is 1. The molecule has 2 aromatic rings. The number of benzene rings is 1. The Hall–Kier alpha value is -0.880. The standard InChI is InChI=1S/C11H8Cl2N2OS2/c1-6(16)14-7-3-2-4-8(5-7)15-11-9(12)10(13)17-18-11/h2-5H,1H3,(H,14,16). The van der Waals surface area contributed by atoms with Crippen molar-refractivity contribution in [2.24, 2.45) is 4.99 Å². The molecule has 0 aliphatic heterocycles. The number of anilines is 1. The predicted molar refractivity (Wildman–Crippen MR) is 78.2 cm³/mol. The van der Waals surface area contributed by atoms with Crippen molar-refractivity contribution in [2.75, 3.05) is 5.32 Å². The van der Waals surface area contributed by atoms with Crippen LogP contribution >= 0.6 is 43.9 Å². The Labute approximate surface area is 121 Å². The van der Waals surface area contributed by atoms with Crippen LogP contribution in [0, 0.1) is 0 Å². The van der Waals surface area contributed by atoms with E-state index in [1.54, 1.807) is 12.1 Å². The number of hydrogen-bond donors (Lipinski definition) is 1. The first kappa shape index (κ1) is 13.5. The predicted octanol–water partition coefficient (Wildman–Crippen LogP) is 4.31. The molecular weight excluding hydrogens is 311 g/mol. The first-order valence-electron chi connectivity index (χ1n) is 4.93. The van der Waals surface area contributed by atoms with Crippen molar-refractivity contribution < 1.29 is 4.79 Å². The minimum atomic E-state index is -0.119. The van der Waals surface area contributed by atoms with E-state index in [0.29, 0.717) is 25.4 Å². The number of nitrogens with zero attached hydrogens (tertiary/aromatic N) is 1. The first-order chi connectivity index (χ1) is 8.56. The van der Waals surface area contributed by atoms with Crippen molar-refractivity contribution in [1.29, 1.82) is 0 Å². The number of carbonyl (C=O) groups is 1. The zero-order valence-electron chi connectivity index (χ0n) is 9.24. The van der Waals surface area contributed by atoms with E-state index in [1.165, 1.54) is 27.6 Å². The topological polar surface area (TPSA) is 41.5 Å². The SMILES string of the molecule is CC(=O)Nc1cccc(N=c2ssc(Cl)c2Cl)c1. The van der Waals surface area contributed by atoms with Crippen LogP contribution in [-0.4, -0.2) is 5.91 Å². The molecule has 0 spiro atoms. The molecule has 1 N–H and O–H groups in total. The van der Waals surface area contributed by atoms with Crippen molar-refractivity contribution in [2.45, 2.75) is 6.92 Å². The van der Waals surface area contributed by atoms with Gasteiger partial charge in [-0.15, -0.1) is 0 Å². The summed E-state index contributed by atoms with van der Waals surface area (Å²) in [5.41, 5.74) is 1.42. The van der Waals surface area contributed by atoms with Gasteiger partial charge in [-0.3, -0.25) is 4.79 Å². The first-order valence-corrected chi connectivity index (χ1v) is 7.83. The third-order valence-electron chi connectivity index (χ3n) is 1.95. The van der Waals surface area contributed by atoms with E-state index < -0.39 is 0 Å². The molecule has 0 saturated heterocycles. The molecule has 2 rings (SSSR count). The highest BCUT2D eigenvalue weighted by atomic mass is 35.5. The average Bonchev–Trinajstić information content (AvgIpc) is 2.61. The summed E-state index contributed by atoms with van der Waals surface area (Å²) in [6.07, 6.45) is 0. The third kappa shape index (κ3) is 3.32. The Morgan fingerprint density at radius 1 is 1.33 bits per heavy atom. The molecule has 1 amide bonds. The number of nitrogens with one attached hydrogen (secondary N) is 1. The van der Waals surface area contributed by atoms with Gasteiger partial charge in [-0.25, -0.2) is 4.99 Å². The van der Waals surface area contributed by atoms with Crippen LogP contribution in [0.3, 0.4) is 0 Å². The van der Waals surface area contributed by atoms with Gasteiger partial charge in [-0.05, 0) is 18.2 Å². The zero-order valence-corrected chi connectivity index (χ0v) is 12.4. The number of halogens is 2. The van der Waals surface area contributed by atoms with Gasteiger partial charge in [0, 0.05) is 12.6 Å². The van der Waals surface area contributed by atoms with Crippen LogP contribution in [0.2, 0.25) is 9.36 Å². The summed E-state index contributed by atoms with van der Waals surface area (Å²) < 4.78 is 1.21. The second-order valence-electron chi connectivity index (χ2n) is 3.40. The molecule has 0 aliphatic carbocycles. The Morgan fingerprint density at radius 3 is 2.72 bits per heavy atom. The molecule has 1 aromatic carbocycles. The third-order valence-corrected chi connectivity index (χ3v) is 5.45. The van der Waals surface area contributed by atoms with E-state index in [2.05, 4.69) is 10.3 Å². The Bertz CT molecular complexity index is 648. The average molecular weight is 319 g/mol. The van der Waals surface area contributed by atoms with Crippen LogP contribution in [0.4, 0.5) is 11.4 Å². The number of carbonyl (C=O) groups excluding carboxylic acids is 1. The second kappa shape index (κ2) is 5.84. The molecule has 3 nitrogen and oxygen atoms in total. The molecule has 0 fully saturated rings. The molecule has 0 radical (unpaired) electrons. The van der Waals surface area contributed by atoms with Gasteiger partial charge in [-0.1, -0.05) is 49.9 Å². The van der Waals surface area contributed by atoms with Gasteiger partial charge < -0.3 is 5.32 Å². The van der Waals surface area contributed by atoms with Gasteiger partial charge >= 0.3 is 0 Å². The van der Waals surface area contributed by atoms with Gasteiger partial charge in [-0.2, -0.15) is 0 Å². The lowest BCUT2D eigenvalue weighted by atomic mass is 10.3. The van der Waals surface area contributed by atoms with Gasteiger partial charge in [0.1, 0.15) is 14.0 Å². The van der Waals surface area contributed by atoms with Gasteiger partial charge in [0.15, 0.2) is 0 Å². The van der Waals surface area contributed by atoms with E-state index in [1.807, 2.05) is 12.1 Å². The molecule has 1 aromatic heterocycles. The summed E-state index contributed by atoms with van der Waals surface area (Å²) >= 11 is 11.9. The van der Waals surface area contributed by atoms with Gasteiger partial charge in [0.2, 0.25) is 5.91 Å². The zero-order chi connectivity index (χ0) is 13.1. The summed E-state index contributed by atoms with van der Waals surface area (Å²) in [5.74, 6) is -0.119. The summed E-state index contributed by atoms with van der Waals surface area (Å²) in [7, 11) is 2.79. The fraction of sp³-hybridized carbons (Fsp3) is 0.0909. The maximum atomic E-state index is 11.0. The van der Waals surface area contributed by atoms with Crippen LogP contribution in [0.1, 0.15) is 6.92 Å². The Morgan fingerprint density at radius 2 is 2.11 bits per heavy atom. The van der Waals surface area contributed by atoms with E-state index in [-0.39, 0.29) is 5.91 Å². The monoisotopic (exact) mass is 318 g/mol. The second-order valence-corrected chi connectivity index (χ2v) is 6.51. The Kier molecular flexibility index (Phi) is 4.40. The molecular formula is C11H8Cl2N2OS2. The smallest absolute Gasteiger partial charge is 0.221 e. The molecule has 0 unspecified atom stereocenters. The van der Waals surface area contributed by atoms with Crippen molar-refractivity contribution in [3.8, 4) is 0 Å². The van der Waals surface area contributed by atoms with Crippen LogP contribution in [-0.2, 0) is 4.79 Å². The summed E-state index contributed by atoms with van der Waals surface area (Å²) in [6.45, 7) is 1.46. The largest absolute Gasteiger partial charge is 0.326 e. The van der Waals surface area contributed by atoms with Crippen molar-refractivity contribution in [1.82, 2.24) is 0 Å². The quantitative estimate of drug-likeness (QED) is 0.824. The summed E-state index contributed by atoms with van der Waals surface area (Å²) in [4.78, 5) is 15.4. The highest BCUT2D eigenvalue weighted by molar-refractivity contribution is 7.69. The fourth-order valence-corrected chi connectivity index (χ4v) is 4.02. The minimum absolute atomic E-state index is 0.119. The molecule has 0 aliphatic rings. The molecule has 18 heavy (non-hydrogen) atoms. The Balaban J connectivity index is 2.38. The van der Waals surface area contributed by atoms with Crippen LogP contribution in [0.25, 0.3) is 0 Å². The van der Waals surface area contributed by atoms with E-state index in [4.69, 9.17) is 23.2 Å². The van der Waals surface area contributed by atoms with Crippen molar-refractivity contribution in [3.63, 3.8) is 0 Å². The van der Waals surface area contributed by atoms with Gasteiger partial charge in [0.05, 0.1) is 5.69 Å². The lowest BCUT2D eigenvalue weighted by molar-refractivity contribution is -0.114. The lowest BCUT2D eigenvalue weighted by Gasteiger charge is -2.01. The van der Waals surface area contributed by atoms with Crippen LogP contribution in [0.15, 0.2) is 29.3 Å². The lowest BCUT2D eigenvalue weighted by Crippen LogP contribution is -2.05. The highest BCUT2D eigenvalue weighted by Gasteiger charge is 2.04. The van der Waals surface area contributed by atoms with Crippen LogP contribution < -0.4 is 9.99 Å². The minimum Gasteiger partial charge on any atom is -0.326 e. The molecule has 7 heteroatoms. The fourth-order valence-electron chi connectivity index (χ4n) is 1.27. The maximum Gasteiger partial charge on any atom is 0.221 e. The van der Waals surface area contributed by atoms with E-state index in [0.717, 1.165) is 0 Å². The van der Waals surface area contributed by atoms with E-state index in [9.17, 15) is 4.79 Å². The van der Waals surface area contributed by atoms with E-state index >= 15 is 0 Å².